The number of nitrogens with zero attached hydrogens (tertiary/aromatic N) is 1. The van der Waals surface area contributed by atoms with Gasteiger partial charge in [-0.15, -0.1) is 0 Å². The smallest absolute Gasteiger partial charge is 0.304 e. The van der Waals surface area contributed by atoms with Crippen LogP contribution in [0.1, 0.15) is 24.8 Å². The Hall–Kier alpha value is -3.60. The highest BCUT2D eigenvalue weighted by Crippen LogP contribution is 2.31. The van der Waals surface area contributed by atoms with Gasteiger partial charge in [-0.2, -0.15) is 0 Å². The van der Waals surface area contributed by atoms with Crippen molar-refractivity contribution >= 4 is 34.1 Å². The maximum absolute atomic E-state index is 11.2. The van der Waals surface area contributed by atoms with E-state index in [9.17, 15) is 9.90 Å². The van der Waals surface area contributed by atoms with E-state index in [0.717, 1.165) is 41.2 Å². The fourth-order valence-corrected chi connectivity index (χ4v) is 3.61. The molecule has 0 saturated heterocycles. The summed E-state index contributed by atoms with van der Waals surface area (Å²) in [6, 6.07) is 23.6. The molecule has 0 fully saturated rings. The summed E-state index contributed by atoms with van der Waals surface area (Å²) >= 11 is 0. The molecule has 1 heterocycles. The average molecular weight is 401 g/mol. The Labute approximate surface area is 174 Å². The van der Waals surface area contributed by atoms with Gasteiger partial charge in [0.15, 0.2) is 5.75 Å². The van der Waals surface area contributed by atoms with Crippen LogP contribution in [0.2, 0.25) is 0 Å². The Morgan fingerprint density at radius 3 is 2.60 bits per heavy atom. The molecule has 4 aromatic rings. The standard InChI is InChI=1S/C25H23NO4/c27-25(28)15-19(10-6-9-18-7-2-1-3-8-18)17-26-30-20-13-14-24-22(16-20)21-11-4-5-12-23(21)29-24/h1-5,7-8,11-14,16-17,19H,6,9-10,15H2,(H,27,28)/b26-17+. The lowest BCUT2D eigenvalue weighted by Gasteiger charge is -2.09. The molecule has 0 aliphatic heterocycles. The third-order valence-electron chi connectivity index (χ3n) is 5.10. The number of oxime groups is 1. The van der Waals surface area contributed by atoms with Crippen LogP contribution in [0.5, 0.6) is 5.75 Å². The van der Waals surface area contributed by atoms with Crippen molar-refractivity contribution in [2.45, 2.75) is 25.7 Å². The van der Waals surface area contributed by atoms with Crippen molar-refractivity contribution in [2.75, 3.05) is 0 Å². The second kappa shape index (κ2) is 9.27. The van der Waals surface area contributed by atoms with E-state index >= 15 is 0 Å². The van der Waals surface area contributed by atoms with Gasteiger partial charge in [-0.3, -0.25) is 4.79 Å². The van der Waals surface area contributed by atoms with Crippen LogP contribution in [0.4, 0.5) is 0 Å². The summed E-state index contributed by atoms with van der Waals surface area (Å²) in [5.74, 6) is -0.425. The SMILES string of the molecule is O=C(O)CC(/C=N/Oc1ccc2oc3ccccc3c2c1)CCCc1ccccc1. The van der Waals surface area contributed by atoms with E-state index in [1.165, 1.54) is 5.56 Å². The quantitative estimate of drug-likeness (QED) is 0.273. The van der Waals surface area contributed by atoms with Gasteiger partial charge in [-0.1, -0.05) is 53.7 Å². The van der Waals surface area contributed by atoms with Crippen LogP contribution in [0.25, 0.3) is 21.9 Å². The van der Waals surface area contributed by atoms with Crippen LogP contribution in [0.3, 0.4) is 0 Å². The van der Waals surface area contributed by atoms with Gasteiger partial charge in [0.25, 0.3) is 0 Å². The molecule has 1 aromatic heterocycles. The van der Waals surface area contributed by atoms with E-state index in [-0.39, 0.29) is 12.3 Å². The minimum atomic E-state index is -0.836. The number of carboxylic acids is 1. The summed E-state index contributed by atoms with van der Waals surface area (Å²) < 4.78 is 5.82. The van der Waals surface area contributed by atoms with Gasteiger partial charge in [0.1, 0.15) is 11.2 Å². The zero-order valence-electron chi connectivity index (χ0n) is 16.5. The number of fused-ring (bicyclic) bond motifs is 3. The number of benzene rings is 3. The number of para-hydroxylation sites is 1. The molecule has 5 nitrogen and oxygen atoms in total. The highest BCUT2D eigenvalue weighted by molar-refractivity contribution is 6.05. The molecule has 0 amide bonds. The number of hydrogen-bond donors (Lipinski definition) is 1. The molecule has 0 aliphatic rings. The molecule has 30 heavy (non-hydrogen) atoms. The second-order valence-corrected chi connectivity index (χ2v) is 7.34. The Morgan fingerprint density at radius 1 is 1.00 bits per heavy atom. The predicted octanol–water partition coefficient (Wildman–Crippen LogP) is 6.06. The highest BCUT2D eigenvalue weighted by atomic mass is 16.6. The molecule has 1 N–H and O–H groups in total. The van der Waals surface area contributed by atoms with Crippen molar-refractivity contribution in [1.29, 1.82) is 0 Å². The van der Waals surface area contributed by atoms with Gasteiger partial charge >= 0.3 is 5.97 Å². The minimum absolute atomic E-state index is 0.0348. The zero-order chi connectivity index (χ0) is 20.8. The van der Waals surface area contributed by atoms with Crippen molar-refractivity contribution in [3.8, 4) is 5.75 Å². The average Bonchev–Trinajstić information content (AvgIpc) is 3.12. The molecule has 0 aliphatic carbocycles. The van der Waals surface area contributed by atoms with Crippen LogP contribution in [-0.4, -0.2) is 17.3 Å². The number of aliphatic carboxylic acids is 1. The van der Waals surface area contributed by atoms with Crippen LogP contribution in [0, 0.1) is 5.92 Å². The zero-order valence-corrected chi connectivity index (χ0v) is 16.5. The molecule has 0 saturated carbocycles. The first-order valence-corrected chi connectivity index (χ1v) is 10.1. The molecular formula is C25H23NO4. The second-order valence-electron chi connectivity index (χ2n) is 7.34. The Balaban J connectivity index is 1.40. The van der Waals surface area contributed by atoms with Crippen LogP contribution in [-0.2, 0) is 11.2 Å². The fourth-order valence-electron chi connectivity index (χ4n) is 3.61. The van der Waals surface area contributed by atoms with Crippen molar-refractivity contribution in [3.63, 3.8) is 0 Å². The van der Waals surface area contributed by atoms with Gasteiger partial charge in [0.2, 0.25) is 0 Å². The topological polar surface area (TPSA) is 72.0 Å². The van der Waals surface area contributed by atoms with Gasteiger partial charge in [0.05, 0.1) is 6.42 Å². The first kappa shape index (κ1) is 19.7. The largest absolute Gasteiger partial charge is 0.481 e. The molecule has 0 spiro atoms. The molecule has 4 rings (SSSR count). The molecular weight excluding hydrogens is 378 g/mol. The third-order valence-corrected chi connectivity index (χ3v) is 5.10. The molecule has 0 radical (unpaired) electrons. The number of aryl methyl sites for hydroxylation is 1. The summed E-state index contributed by atoms with van der Waals surface area (Å²) in [7, 11) is 0. The summed E-state index contributed by atoms with van der Waals surface area (Å²) in [6.07, 6.45) is 4.18. The maximum atomic E-state index is 11.2. The van der Waals surface area contributed by atoms with Crippen molar-refractivity contribution in [3.05, 3.63) is 78.4 Å². The lowest BCUT2D eigenvalue weighted by molar-refractivity contribution is -0.137. The van der Waals surface area contributed by atoms with Crippen molar-refractivity contribution in [1.82, 2.24) is 0 Å². The lowest BCUT2D eigenvalue weighted by atomic mass is 9.98. The van der Waals surface area contributed by atoms with Crippen LogP contribution >= 0.6 is 0 Å². The summed E-state index contributed by atoms with van der Waals surface area (Å²) in [5, 5.41) is 15.3. The van der Waals surface area contributed by atoms with Crippen LogP contribution in [0.15, 0.2) is 82.4 Å². The molecule has 3 aromatic carbocycles. The van der Waals surface area contributed by atoms with Crippen LogP contribution < -0.4 is 4.84 Å². The normalized spacial score (nSPS) is 12.5. The van der Waals surface area contributed by atoms with Gasteiger partial charge in [-0.05, 0) is 49.1 Å². The van der Waals surface area contributed by atoms with E-state index < -0.39 is 5.97 Å². The monoisotopic (exact) mass is 401 g/mol. The Bertz CT molecular complexity index is 1160. The van der Waals surface area contributed by atoms with Gasteiger partial charge in [0, 0.05) is 22.9 Å². The third kappa shape index (κ3) is 4.87. The fraction of sp³-hybridized carbons (Fsp3) is 0.200. The molecule has 0 bridgehead atoms. The van der Waals surface area contributed by atoms with Gasteiger partial charge < -0.3 is 14.4 Å². The first-order chi connectivity index (χ1) is 14.7. The first-order valence-electron chi connectivity index (χ1n) is 10.1. The lowest BCUT2D eigenvalue weighted by Crippen LogP contribution is -2.10. The van der Waals surface area contributed by atoms with Gasteiger partial charge in [-0.25, -0.2) is 0 Å². The predicted molar refractivity (Wildman–Crippen MR) is 118 cm³/mol. The molecule has 1 atom stereocenters. The number of furan rings is 1. The molecule has 1 unspecified atom stereocenters. The van der Waals surface area contributed by atoms with E-state index in [1.54, 1.807) is 12.3 Å². The van der Waals surface area contributed by atoms with E-state index in [4.69, 9.17) is 9.25 Å². The number of hydrogen-bond acceptors (Lipinski definition) is 4. The van der Waals surface area contributed by atoms with E-state index in [1.807, 2.05) is 54.6 Å². The van der Waals surface area contributed by atoms with Crippen molar-refractivity contribution < 1.29 is 19.2 Å². The number of rotatable bonds is 9. The summed E-state index contributed by atoms with van der Waals surface area (Å²) in [5.41, 5.74) is 2.87. The Morgan fingerprint density at radius 2 is 1.77 bits per heavy atom. The van der Waals surface area contributed by atoms with E-state index in [2.05, 4.69) is 17.3 Å². The molecule has 152 valence electrons. The van der Waals surface area contributed by atoms with E-state index in [0.29, 0.717) is 5.75 Å². The maximum Gasteiger partial charge on any atom is 0.304 e. The molecule has 5 heteroatoms. The summed E-state index contributed by atoms with van der Waals surface area (Å²) in [4.78, 5) is 16.7. The number of carboxylic acid groups (broad SMARTS) is 1. The summed E-state index contributed by atoms with van der Waals surface area (Å²) in [6.45, 7) is 0. The number of carbonyl (C=O) groups is 1. The minimum Gasteiger partial charge on any atom is -0.481 e. The van der Waals surface area contributed by atoms with Crippen molar-refractivity contribution in [2.24, 2.45) is 11.1 Å². The Kier molecular flexibility index (Phi) is 6.09. The highest BCUT2D eigenvalue weighted by Gasteiger charge is 2.12.